The van der Waals surface area contributed by atoms with Crippen LogP contribution in [-0.2, 0) is 21.4 Å². The number of rotatable bonds is 7. The first-order valence-corrected chi connectivity index (χ1v) is 8.79. The molecule has 0 saturated carbocycles. The second-order valence-corrected chi connectivity index (χ2v) is 6.89. The molecule has 1 N–H and O–H groups in total. The first-order chi connectivity index (χ1) is 10.9. The SMILES string of the molecule is Cc1cc(N(CCC(=O)NCc2ccccn2)S(C)(=O)=O)no1. The van der Waals surface area contributed by atoms with Gasteiger partial charge < -0.3 is 9.84 Å². The summed E-state index contributed by atoms with van der Waals surface area (Å²) in [6, 6.07) is 6.91. The van der Waals surface area contributed by atoms with Crippen LogP contribution in [0.15, 0.2) is 35.0 Å². The van der Waals surface area contributed by atoms with Crippen LogP contribution in [0.4, 0.5) is 5.82 Å². The zero-order valence-corrected chi connectivity index (χ0v) is 13.7. The van der Waals surface area contributed by atoms with Gasteiger partial charge in [0, 0.05) is 25.2 Å². The molecule has 9 heteroatoms. The van der Waals surface area contributed by atoms with Gasteiger partial charge in [-0.15, -0.1) is 0 Å². The molecule has 8 nitrogen and oxygen atoms in total. The van der Waals surface area contributed by atoms with Gasteiger partial charge in [-0.1, -0.05) is 11.2 Å². The van der Waals surface area contributed by atoms with Crippen LogP contribution < -0.4 is 9.62 Å². The van der Waals surface area contributed by atoms with E-state index in [0.717, 1.165) is 16.3 Å². The maximum atomic E-state index is 11.9. The Bertz CT molecular complexity index is 758. The molecule has 124 valence electrons. The van der Waals surface area contributed by atoms with E-state index >= 15 is 0 Å². The third-order valence-electron chi connectivity index (χ3n) is 3.01. The quantitative estimate of drug-likeness (QED) is 0.802. The van der Waals surface area contributed by atoms with Crippen LogP contribution in [0.1, 0.15) is 17.9 Å². The van der Waals surface area contributed by atoms with Crippen molar-refractivity contribution in [2.24, 2.45) is 0 Å². The standard InChI is InChI=1S/C14H18N4O4S/c1-11-9-13(17-22-11)18(23(2,20)21)8-6-14(19)16-10-12-5-3-4-7-15-12/h3-5,7,9H,6,8,10H2,1-2H3,(H,16,19). The number of anilines is 1. The van der Waals surface area contributed by atoms with Crippen molar-refractivity contribution >= 4 is 21.7 Å². The predicted molar refractivity (Wildman–Crippen MR) is 84.1 cm³/mol. The molecule has 2 aromatic heterocycles. The number of carbonyl (C=O) groups is 1. The highest BCUT2D eigenvalue weighted by atomic mass is 32.2. The molecule has 0 bridgehead atoms. The molecule has 2 heterocycles. The lowest BCUT2D eigenvalue weighted by Gasteiger charge is -2.18. The Morgan fingerprint density at radius 2 is 2.17 bits per heavy atom. The van der Waals surface area contributed by atoms with Gasteiger partial charge in [0.15, 0.2) is 5.82 Å². The Morgan fingerprint density at radius 3 is 2.74 bits per heavy atom. The smallest absolute Gasteiger partial charge is 0.233 e. The van der Waals surface area contributed by atoms with Gasteiger partial charge in [0.25, 0.3) is 0 Å². The van der Waals surface area contributed by atoms with Crippen molar-refractivity contribution in [2.75, 3.05) is 17.1 Å². The molecule has 23 heavy (non-hydrogen) atoms. The first kappa shape index (κ1) is 16.9. The number of aryl methyl sites for hydroxylation is 1. The van der Waals surface area contributed by atoms with Crippen molar-refractivity contribution in [1.29, 1.82) is 0 Å². The Labute approximate surface area is 134 Å². The number of carbonyl (C=O) groups excluding carboxylic acids is 1. The Morgan fingerprint density at radius 1 is 1.39 bits per heavy atom. The van der Waals surface area contributed by atoms with E-state index in [4.69, 9.17) is 4.52 Å². The van der Waals surface area contributed by atoms with Gasteiger partial charge in [0.2, 0.25) is 15.9 Å². The molecular formula is C14H18N4O4S. The van der Waals surface area contributed by atoms with Gasteiger partial charge in [0.1, 0.15) is 5.76 Å². The third kappa shape index (κ3) is 5.06. The zero-order chi connectivity index (χ0) is 16.9. The number of hydrogen-bond donors (Lipinski definition) is 1. The number of hydrogen-bond acceptors (Lipinski definition) is 6. The largest absolute Gasteiger partial charge is 0.360 e. The Balaban J connectivity index is 1.92. The average Bonchev–Trinajstić information content (AvgIpc) is 2.91. The second kappa shape index (κ2) is 7.23. The fraction of sp³-hybridized carbons (Fsp3) is 0.357. The lowest BCUT2D eigenvalue weighted by Crippen LogP contribution is -2.34. The van der Waals surface area contributed by atoms with E-state index in [-0.39, 0.29) is 24.7 Å². The van der Waals surface area contributed by atoms with Gasteiger partial charge in [-0.25, -0.2) is 8.42 Å². The highest BCUT2D eigenvalue weighted by Crippen LogP contribution is 2.17. The minimum atomic E-state index is -3.55. The summed E-state index contributed by atoms with van der Waals surface area (Å²) < 4.78 is 29.6. The number of nitrogens with one attached hydrogen (secondary N) is 1. The summed E-state index contributed by atoms with van der Waals surface area (Å²) in [7, 11) is -3.55. The molecule has 0 aliphatic rings. The van der Waals surface area contributed by atoms with Crippen molar-refractivity contribution in [3.63, 3.8) is 0 Å². The van der Waals surface area contributed by atoms with Crippen molar-refractivity contribution < 1.29 is 17.7 Å². The minimum absolute atomic E-state index is 0.00577. The van der Waals surface area contributed by atoms with Gasteiger partial charge in [-0.2, -0.15) is 0 Å². The normalized spacial score (nSPS) is 11.2. The molecule has 0 aliphatic heterocycles. The molecule has 0 unspecified atom stereocenters. The fourth-order valence-corrected chi connectivity index (χ4v) is 2.75. The molecular weight excluding hydrogens is 320 g/mol. The maximum absolute atomic E-state index is 11.9. The number of amides is 1. The molecule has 0 radical (unpaired) electrons. The summed E-state index contributed by atoms with van der Waals surface area (Å²) in [6.07, 6.45) is 2.70. The number of sulfonamides is 1. The van der Waals surface area contributed by atoms with Crippen LogP contribution in [0.2, 0.25) is 0 Å². The molecule has 0 spiro atoms. The van der Waals surface area contributed by atoms with E-state index in [1.165, 1.54) is 6.07 Å². The van der Waals surface area contributed by atoms with Gasteiger partial charge >= 0.3 is 0 Å². The summed E-state index contributed by atoms with van der Waals surface area (Å²) in [4.78, 5) is 16.0. The van der Waals surface area contributed by atoms with E-state index in [9.17, 15) is 13.2 Å². The molecule has 0 aromatic carbocycles. The third-order valence-corrected chi connectivity index (χ3v) is 4.18. The van der Waals surface area contributed by atoms with Crippen molar-refractivity contribution in [3.8, 4) is 0 Å². The van der Waals surface area contributed by atoms with Crippen LogP contribution in [-0.4, -0.2) is 37.3 Å². The average molecular weight is 338 g/mol. The molecule has 0 fully saturated rings. The Kier molecular flexibility index (Phi) is 5.32. The maximum Gasteiger partial charge on any atom is 0.233 e. The molecule has 0 saturated heterocycles. The lowest BCUT2D eigenvalue weighted by molar-refractivity contribution is -0.121. The van der Waals surface area contributed by atoms with E-state index < -0.39 is 10.0 Å². The lowest BCUT2D eigenvalue weighted by atomic mass is 10.3. The molecule has 1 amide bonds. The second-order valence-electron chi connectivity index (χ2n) is 4.98. The number of pyridine rings is 1. The summed E-state index contributed by atoms with van der Waals surface area (Å²) in [5.74, 6) is 0.389. The van der Waals surface area contributed by atoms with E-state index in [0.29, 0.717) is 12.3 Å². The summed E-state index contributed by atoms with van der Waals surface area (Å²) in [5.41, 5.74) is 0.730. The zero-order valence-electron chi connectivity index (χ0n) is 12.9. The number of nitrogens with zero attached hydrogens (tertiary/aromatic N) is 3. The van der Waals surface area contributed by atoms with Crippen LogP contribution in [0.25, 0.3) is 0 Å². The topological polar surface area (TPSA) is 105 Å². The molecule has 0 aliphatic carbocycles. The minimum Gasteiger partial charge on any atom is -0.360 e. The summed E-state index contributed by atoms with van der Waals surface area (Å²) >= 11 is 0. The van der Waals surface area contributed by atoms with Crippen LogP contribution in [0, 0.1) is 6.92 Å². The first-order valence-electron chi connectivity index (χ1n) is 6.94. The highest BCUT2D eigenvalue weighted by Gasteiger charge is 2.21. The summed E-state index contributed by atoms with van der Waals surface area (Å²) in [6.45, 7) is 1.94. The number of aromatic nitrogens is 2. The van der Waals surface area contributed by atoms with Crippen molar-refractivity contribution in [1.82, 2.24) is 15.5 Å². The van der Waals surface area contributed by atoms with Gasteiger partial charge in [-0.05, 0) is 19.1 Å². The summed E-state index contributed by atoms with van der Waals surface area (Å²) in [5, 5.41) is 6.38. The fourth-order valence-electron chi connectivity index (χ4n) is 1.90. The predicted octanol–water partition coefficient (Wildman–Crippen LogP) is 0.851. The van der Waals surface area contributed by atoms with Gasteiger partial charge in [0.05, 0.1) is 18.5 Å². The Hall–Kier alpha value is -2.42. The van der Waals surface area contributed by atoms with E-state index in [1.54, 1.807) is 25.3 Å². The monoisotopic (exact) mass is 338 g/mol. The van der Waals surface area contributed by atoms with Gasteiger partial charge in [-0.3, -0.25) is 14.1 Å². The van der Waals surface area contributed by atoms with Crippen LogP contribution in [0.5, 0.6) is 0 Å². The van der Waals surface area contributed by atoms with Crippen LogP contribution in [0.3, 0.4) is 0 Å². The van der Waals surface area contributed by atoms with E-state index in [1.807, 2.05) is 6.07 Å². The molecule has 0 atom stereocenters. The molecule has 2 rings (SSSR count). The van der Waals surface area contributed by atoms with E-state index in [2.05, 4.69) is 15.5 Å². The molecule has 2 aromatic rings. The van der Waals surface area contributed by atoms with Crippen LogP contribution >= 0.6 is 0 Å². The highest BCUT2D eigenvalue weighted by molar-refractivity contribution is 7.92. The van der Waals surface area contributed by atoms with Crippen molar-refractivity contribution in [3.05, 3.63) is 41.9 Å². The van der Waals surface area contributed by atoms with Crippen molar-refractivity contribution in [2.45, 2.75) is 19.9 Å².